The van der Waals surface area contributed by atoms with Crippen molar-refractivity contribution in [2.75, 3.05) is 13.7 Å². The van der Waals surface area contributed by atoms with Crippen molar-refractivity contribution in [2.24, 2.45) is 0 Å². The third-order valence-corrected chi connectivity index (χ3v) is 2.73. The summed E-state index contributed by atoms with van der Waals surface area (Å²) in [6.45, 7) is 2.37. The Morgan fingerprint density at radius 2 is 2.19 bits per heavy atom. The third kappa shape index (κ3) is 3.13. The Hall–Kier alpha value is -2.57. The fourth-order valence-corrected chi connectivity index (χ4v) is 1.67. The number of aromatic nitrogens is 1. The summed E-state index contributed by atoms with van der Waals surface area (Å²) in [6, 6.07) is 1.24. The van der Waals surface area contributed by atoms with Gasteiger partial charge < -0.3 is 18.3 Å². The minimum absolute atomic E-state index is 0.00463. The summed E-state index contributed by atoms with van der Waals surface area (Å²) >= 11 is 0. The number of hydrogen-bond donors (Lipinski definition) is 0. The molecule has 2 aromatic rings. The van der Waals surface area contributed by atoms with Crippen LogP contribution >= 0.6 is 0 Å². The Kier molecular flexibility index (Phi) is 4.76. The molecule has 0 spiro atoms. The second-order valence-corrected chi connectivity index (χ2v) is 4.17. The van der Waals surface area contributed by atoms with Crippen molar-refractivity contribution in [3.63, 3.8) is 0 Å². The van der Waals surface area contributed by atoms with Crippen LogP contribution in [0.3, 0.4) is 0 Å². The molecule has 0 aliphatic carbocycles. The van der Waals surface area contributed by atoms with E-state index in [1.165, 1.54) is 19.4 Å². The zero-order chi connectivity index (χ0) is 15.2. The number of methoxy groups -OCH3 is 1. The predicted molar refractivity (Wildman–Crippen MR) is 72.2 cm³/mol. The minimum atomic E-state index is -0.714. The normalized spacial score (nSPS) is 10.4. The molecule has 21 heavy (non-hydrogen) atoms. The maximum atomic E-state index is 11.9. The number of carbonyl (C=O) groups excluding carboxylic acids is 1. The van der Waals surface area contributed by atoms with Crippen LogP contribution in [0.5, 0.6) is 5.75 Å². The Balaban J connectivity index is 2.44. The molecule has 0 aromatic carbocycles. The number of oxazole rings is 1. The highest BCUT2D eigenvalue weighted by atomic mass is 16.5. The van der Waals surface area contributed by atoms with Gasteiger partial charge in [-0.25, -0.2) is 9.78 Å². The fraction of sp³-hybridized carbons (Fsp3) is 0.357. The van der Waals surface area contributed by atoms with Crippen molar-refractivity contribution in [1.82, 2.24) is 4.98 Å². The van der Waals surface area contributed by atoms with Crippen LogP contribution < -0.4 is 10.2 Å². The number of rotatable bonds is 6. The van der Waals surface area contributed by atoms with Crippen LogP contribution in [0.15, 0.2) is 32.4 Å². The molecule has 2 rings (SSSR count). The zero-order valence-electron chi connectivity index (χ0n) is 11.8. The average molecular weight is 293 g/mol. The molecule has 0 fully saturated rings. The fourth-order valence-electron chi connectivity index (χ4n) is 1.67. The molecule has 7 nitrogen and oxygen atoms in total. The topological polar surface area (TPSA) is 91.8 Å². The molecule has 7 heteroatoms. The summed E-state index contributed by atoms with van der Waals surface area (Å²) in [6.07, 6.45) is 3.99. The van der Waals surface area contributed by atoms with Gasteiger partial charge in [0.2, 0.25) is 22.7 Å². The summed E-state index contributed by atoms with van der Waals surface area (Å²) in [4.78, 5) is 27.4. The molecule has 0 aliphatic heterocycles. The predicted octanol–water partition coefficient (Wildman–Crippen LogP) is 2.26. The molecule has 0 atom stereocenters. The van der Waals surface area contributed by atoms with Gasteiger partial charge in [0.25, 0.3) is 0 Å². The number of hydrogen-bond acceptors (Lipinski definition) is 7. The lowest BCUT2D eigenvalue weighted by molar-refractivity contribution is 0.0566. The van der Waals surface area contributed by atoms with Crippen LogP contribution in [0.25, 0.3) is 11.5 Å². The van der Waals surface area contributed by atoms with Crippen LogP contribution in [0.2, 0.25) is 0 Å². The first kappa shape index (κ1) is 14.8. The van der Waals surface area contributed by atoms with E-state index in [2.05, 4.69) is 9.72 Å². The van der Waals surface area contributed by atoms with Crippen molar-refractivity contribution >= 4 is 5.97 Å². The van der Waals surface area contributed by atoms with Gasteiger partial charge in [0.05, 0.1) is 20.0 Å². The standard InChI is InChI=1S/C14H15NO6/c1-3-4-6-19-11-9(16)5-7-20-12(11)10-13(14(17)18-2)21-8-15-10/h5,7-8H,3-4,6H2,1-2H3. The third-order valence-electron chi connectivity index (χ3n) is 2.73. The molecule has 0 aliphatic rings. The van der Waals surface area contributed by atoms with Crippen LogP contribution in [0.1, 0.15) is 30.3 Å². The molecule has 0 saturated carbocycles. The summed E-state index contributed by atoms with van der Waals surface area (Å²) in [5.41, 5.74) is -0.280. The van der Waals surface area contributed by atoms with Crippen LogP contribution in [0.4, 0.5) is 0 Å². The van der Waals surface area contributed by atoms with Crippen molar-refractivity contribution in [2.45, 2.75) is 19.8 Å². The molecule has 2 heterocycles. The Morgan fingerprint density at radius 3 is 2.90 bits per heavy atom. The number of esters is 1. The smallest absolute Gasteiger partial charge is 0.376 e. The first-order valence-electron chi connectivity index (χ1n) is 6.45. The molecule has 2 aromatic heterocycles. The number of carbonyl (C=O) groups is 1. The highest BCUT2D eigenvalue weighted by Gasteiger charge is 2.25. The molecule has 0 unspecified atom stereocenters. The van der Waals surface area contributed by atoms with Gasteiger partial charge in [-0.1, -0.05) is 13.3 Å². The SMILES string of the molecule is CCCCOc1c(-c2ncoc2C(=O)OC)occc1=O. The molecular weight excluding hydrogens is 278 g/mol. The van der Waals surface area contributed by atoms with Gasteiger partial charge in [0.1, 0.15) is 0 Å². The van der Waals surface area contributed by atoms with Gasteiger partial charge in [0, 0.05) is 6.07 Å². The summed E-state index contributed by atoms with van der Waals surface area (Å²) in [5, 5.41) is 0. The molecule has 0 amide bonds. The van der Waals surface area contributed by atoms with Crippen molar-refractivity contribution < 1.29 is 23.1 Å². The van der Waals surface area contributed by atoms with Crippen molar-refractivity contribution in [3.05, 3.63) is 34.7 Å². The molecule has 0 saturated heterocycles. The average Bonchev–Trinajstić information content (AvgIpc) is 2.97. The lowest BCUT2D eigenvalue weighted by Crippen LogP contribution is -2.10. The van der Waals surface area contributed by atoms with Gasteiger partial charge in [-0.2, -0.15) is 0 Å². The van der Waals surface area contributed by atoms with Gasteiger partial charge in [0.15, 0.2) is 12.1 Å². The first-order chi connectivity index (χ1) is 10.2. The van der Waals surface area contributed by atoms with E-state index >= 15 is 0 Å². The lowest BCUT2D eigenvalue weighted by Gasteiger charge is -2.07. The number of unbranched alkanes of at least 4 members (excludes halogenated alkanes) is 1. The van der Waals surface area contributed by atoms with E-state index < -0.39 is 5.97 Å². The molecule has 112 valence electrons. The van der Waals surface area contributed by atoms with Crippen LogP contribution in [-0.2, 0) is 4.74 Å². The van der Waals surface area contributed by atoms with E-state index in [-0.39, 0.29) is 28.4 Å². The largest absolute Gasteiger partial charge is 0.486 e. The van der Waals surface area contributed by atoms with Crippen LogP contribution in [-0.4, -0.2) is 24.7 Å². The second-order valence-electron chi connectivity index (χ2n) is 4.17. The Labute approximate surface area is 120 Å². The first-order valence-corrected chi connectivity index (χ1v) is 6.45. The number of ether oxygens (including phenoxy) is 2. The molecular formula is C14H15NO6. The van der Waals surface area contributed by atoms with Gasteiger partial charge in [-0.05, 0) is 6.42 Å². The van der Waals surface area contributed by atoms with E-state index in [4.69, 9.17) is 13.6 Å². The second kappa shape index (κ2) is 6.74. The van der Waals surface area contributed by atoms with Crippen LogP contribution in [0, 0.1) is 0 Å². The van der Waals surface area contributed by atoms with Gasteiger partial charge in [-0.15, -0.1) is 0 Å². The monoisotopic (exact) mass is 293 g/mol. The van der Waals surface area contributed by atoms with Gasteiger partial charge >= 0.3 is 5.97 Å². The Morgan fingerprint density at radius 1 is 1.38 bits per heavy atom. The minimum Gasteiger partial charge on any atom is -0.486 e. The lowest BCUT2D eigenvalue weighted by atomic mass is 10.2. The highest BCUT2D eigenvalue weighted by molar-refractivity contribution is 5.92. The molecule has 0 radical (unpaired) electrons. The highest BCUT2D eigenvalue weighted by Crippen LogP contribution is 2.29. The number of nitrogens with zero attached hydrogens (tertiary/aromatic N) is 1. The van der Waals surface area contributed by atoms with E-state index in [1.807, 2.05) is 6.92 Å². The van der Waals surface area contributed by atoms with E-state index in [0.717, 1.165) is 19.2 Å². The molecule has 0 N–H and O–H groups in total. The van der Waals surface area contributed by atoms with E-state index in [9.17, 15) is 9.59 Å². The summed E-state index contributed by atoms with van der Waals surface area (Å²) in [7, 11) is 1.22. The van der Waals surface area contributed by atoms with Gasteiger partial charge in [-0.3, -0.25) is 4.79 Å². The van der Waals surface area contributed by atoms with Crippen molar-refractivity contribution in [3.8, 4) is 17.2 Å². The molecule has 0 bridgehead atoms. The maximum Gasteiger partial charge on any atom is 0.376 e. The van der Waals surface area contributed by atoms with E-state index in [1.54, 1.807) is 0 Å². The summed E-state index contributed by atoms with van der Waals surface area (Å²) in [5.74, 6) is -0.807. The zero-order valence-corrected chi connectivity index (χ0v) is 11.8. The van der Waals surface area contributed by atoms with E-state index in [0.29, 0.717) is 6.61 Å². The maximum absolute atomic E-state index is 11.9. The Bertz CT molecular complexity index is 672. The quantitative estimate of drug-likeness (QED) is 0.595. The van der Waals surface area contributed by atoms with Crippen molar-refractivity contribution in [1.29, 1.82) is 0 Å². The summed E-state index contributed by atoms with van der Waals surface area (Å²) < 4.78 is 20.3.